The van der Waals surface area contributed by atoms with E-state index in [2.05, 4.69) is 4.37 Å². The molecule has 3 nitrogen and oxygen atoms in total. The van der Waals surface area contributed by atoms with E-state index < -0.39 is 11.7 Å². The molecule has 1 rings (SSSR count). The second-order valence-corrected chi connectivity index (χ2v) is 3.80. The summed E-state index contributed by atoms with van der Waals surface area (Å²) in [7, 11) is 1.58. The van der Waals surface area contributed by atoms with Gasteiger partial charge in [-0.1, -0.05) is 0 Å². The van der Waals surface area contributed by atoms with Gasteiger partial charge in [0.1, 0.15) is 6.10 Å². The van der Waals surface area contributed by atoms with E-state index in [9.17, 15) is 5.11 Å². The Balaban J connectivity index is 2.78. The SMILES string of the molecule is COC(C)(C)C(O)c1ccsn1. The van der Waals surface area contributed by atoms with E-state index in [0.717, 1.165) is 0 Å². The highest BCUT2D eigenvalue weighted by Crippen LogP contribution is 2.27. The fraction of sp³-hybridized carbons (Fsp3) is 0.625. The Labute approximate surface area is 76.2 Å². The van der Waals surface area contributed by atoms with Gasteiger partial charge in [-0.05, 0) is 31.4 Å². The Bertz CT molecular complexity index is 233. The second kappa shape index (κ2) is 3.51. The third kappa shape index (κ3) is 1.83. The summed E-state index contributed by atoms with van der Waals surface area (Å²) in [5.74, 6) is 0. The van der Waals surface area contributed by atoms with E-state index in [4.69, 9.17) is 4.74 Å². The molecule has 1 aromatic heterocycles. The van der Waals surface area contributed by atoms with Crippen molar-refractivity contribution >= 4 is 11.5 Å². The van der Waals surface area contributed by atoms with E-state index in [-0.39, 0.29) is 0 Å². The van der Waals surface area contributed by atoms with Crippen molar-refractivity contribution < 1.29 is 9.84 Å². The van der Waals surface area contributed by atoms with Crippen molar-refractivity contribution in [3.8, 4) is 0 Å². The number of ether oxygens (including phenoxy) is 1. The van der Waals surface area contributed by atoms with E-state index in [1.165, 1.54) is 11.5 Å². The van der Waals surface area contributed by atoms with Crippen LogP contribution in [0.3, 0.4) is 0 Å². The molecule has 1 atom stereocenters. The summed E-state index contributed by atoms with van der Waals surface area (Å²) in [5, 5.41) is 11.6. The summed E-state index contributed by atoms with van der Waals surface area (Å²) < 4.78 is 9.18. The van der Waals surface area contributed by atoms with Crippen molar-refractivity contribution in [2.45, 2.75) is 25.6 Å². The number of rotatable bonds is 3. The highest BCUT2D eigenvalue weighted by atomic mass is 32.1. The Morgan fingerprint density at radius 1 is 1.67 bits per heavy atom. The molecule has 1 unspecified atom stereocenters. The molecule has 0 saturated heterocycles. The number of aromatic nitrogens is 1. The van der Waals surface area contributed by atoms with Gasteiger partial charge in [-0.15, -0.1) is 0 Å². The van der Waals surface area contributed by atoms with Gasteiger partial charge in [0.25, 0.3) is 0 Å². The lowest BCUT2D eigenvalue weighted by Gasteiger charge is -2.27. The van der Waals surface area contributed by atoms with Crippen molar-refractivity contribution in [2.75, 3.05) is 7.11 Å². The van der Waals surface area contributed by atoms with Crippen LogP contribution >= 0.6 is 11.5 Å². The van der Waals surface area contributed by atoms with Crippen LogP contribution in [0.1, 0.15) is 25.6 Å². The number of aliphatic hydroxyl groups excluding tert-OH is 1. The maximum atomic E-state index is 9.76. The summed E-state index contributed by atoms with van der Waals surface area (Å²) in [5.41, 5.74) is 0.0977. The lowest BCUT2D eigenvalue weighted by atomic mass is 9.99. The van der Waals surface area contributed by atoms with E-state index >= 15 is 0 Å². The number of hydrogen-bond donors (Lipinski definition) is 1. The summed E-state index contributed by atoms with van der Waals surface area (Å²) in [6.45, 7) is 3.66. The zero-order chi connectivity index (χ0) is 9.19. The molecule has 0 aromatic carbocycles. The Kier molecular flexibility index (Phi) is 2.82. The first kappa shape index (κ1) is 9.64. The van der Waals surface area contributed by atoms with Crippen molar-refractivity contribution in [2.24, 2.45) is 0 Å². The number of nitrogens with zero attached hydrogens (tertiary/aromatic N) is 1. The highest BCUT2D eigenvalue weighted by molar-refractivity contribution is 7.03. The van der Waals surface area contributed by atoms with Gasteiger partial charge in [0.05, 0.1) is 11.3 Å². The van der Waals surface area contributed by atoms with Crippen molar-refractivity contribution in [1.82, 2.24) is 4.37 Å². The van der Waals surface area contributed by atoms with Gasteiger partial charge in [-0.2, -0.15) is 4.37 Å². The predicted molar refractivity (Wildman–Crippen MR) is 48.2 cm³/mol. The van der Waals surface area contributed by atoms with Gasteiger partial charge in [0.15, 0.2) is 0 Å². The van der Waals surface area contributed by atoms with E-state index in [1.54, 1.807) is 13.2 Å². The van der Waals surface area contributed by atoms with Crippen LogP contribution in [0.25, 0.3) is 0 Å². The lowest BCUT2D eigenvalue weighted by molar-refractivity contribution is -0.0806. The van der Waals surface area contributed by atoms with Gasteiger partial charge in [0.2, 0.25) is 0 Å². The van der Waals surface area contributed by atoms with Crippen molar-refractivity contribution in [3.63, 3.8) is 0 Å². The molecule has 4 heteroatoms. The van der Waals surface area contributed by atoms with Crippen LogP contribution < -0.4 is 0 Å². The quantitative estimate of drug-likeness (QED) is 0.781. The maximum Gasteiger partial charge on any atom is 0.125 e. The molecule has 0 aliphatic heterocycles. The first-order valence-electron chi connectivity index (χ1n) is 3.71. The lowest BCUT2D eigenvalue weighted by Crippen LogP contribution is -2.31. The number of methoxy groups -OCH3 is 1. The zero-order valence-electron chi connectivity index (χ0n) is 7.44. The number of aliphatic hydroxyl groups is 1. The first-order chi connectivity index (χ1) is 5.58. The monoisotopic (exact) mass is 187 g/mol. The molecular weight excluding hydrogens is 174 g/mol. The molecule has 0 amide bonds. The van der Waals surface area contributed by atoms with Gasteiger partial charge in [0, 0.05) is 12.5 Å². The molecule has 0 aliphatic rings. The molecule has 12 heavy (non-hydrogen) atoms. The predicted octanol–water partition coefficient (Wildman–Crippen LogP) is 1.60. The molecule has 1 N–H and O–H groups in total. The van der Waals surface area contributed by atoms with Gasteiger partial charge in [-0.25, -0.2) is 0 Å². The minimum absolute atomic E-state index is 0.575. The standard InChI is InChI=1S/C8H13NO2S/c1-8(2,11-3)7(10)6-4-5-12-9-6/h4-5,7,10H,1-3H3. The Morgan fingerprint density at radius 2 is 2.33 bits per heavy atom. The van der Waals surface area contributed by atoms with Crippen LogP contribution in [-0.4, -0.2) is 22.2 Å². The second-order valence-electron chi connectivity index (χ2n) is 3.13. The molecule has 1 heterocycles. The summed E-state index contributed by atoms with van der Waals surface area (Å²) in [6.07, 6.45) is -0.659. The average Bonchev–Trinajstić information content (AvgIpc) is 2.55. The highest BCUT2D eigenvalue weighted by Gasteiger charge is 2.29. The van der Waals surface area contributed by atoms with E-state index in [1.807, 2.05) is 19.2 Å². The Morgan fingerprint density at radius 3 is 2.75 bits per heavy atom. The van der Waals surface area contributed by atoms with Crippen LogP contribution in [-0.2, 0) is 4.74 Å². The smallest absolute Gasteiger partial charge is 0.125 e. The molecule has 0 aliphatic carbocycles. The maximum absolute atomic E-state index is 9.76. The molecule has 68 valence electrons. The third-order valence-corrected chi connectivity index (χ3v) is 2.50. The molecule has 0 spiro atoms. The fourth-order valence-corrected chi connectivity index (χ4v) is 1.37. The zero-order valence-corrected chi connectivity index (χ0v) is 8.26. The van der Waals surface area contributed by atoms with Crippen LogP contribution in [0, 0.1) is 0 Å². The Hall–Kier alpha value is -0.450. The fourth-order valence-electron chi connectivity index (χ4n) is 0.831. The third-order valence-electron chi connectivity index (χ3n) is 1.92. The van der Waals surface area contributed by atoms with Gasteiger partial charge in [-0.3, -0.25) is 0 Å². The molecule has 0 bridgehead atoms. The summed E-state index contributed by atoms with van der Waals surface area (Å²) in [4.78, 5) is 0. The summed E-state index contributed by atoms with van der Waals surface area (Å²) in [6, 6.07) is 1.80. The van der Waals surface area contributed by atoms with Crippen LogP contribution in [0.2, 0.25) is 0 Å². The molecule has 1 aromatic rings. The normalized spacial score (nSPS) is 14.7. The van der Waals surface area contributed by atoms with E-state index in [0.29, 0.717) is 5.69 Å². The van der Waals surface area contributed by atoms with Crippen LogP contribution in [0.4, 0.5) is 0 Å². The largest absolute Gasteiger partial charge is 0.384 e. The number of hydrogen-bond acceptors (Lipinski definition) is 4. The van der Waals surface area contributed by atoms with Gasteiger partial charge >= 0.3 is 0 Å². The summed E-state index contributed by atoms with van der Waals surface area (Å²) >= 11 is 1.33. The minimum Gasteiger partial charge on any atom is -0.384 e. The van der Waals surface area contributed by atoms with Crippen molar-refractivity contribution in [1.29, 1.82) is 0 Å². The first-order valence-corrected chi connectivity index (χ1v) is 4.55. The van der Waals surface area contributed by atoms with Crippen LogP contribution in [0.15, 0.2) is 11.4 Å². The average molecular weight is 187 g/mol. The van der Waals surface area contributed by atoms with Crippen LogP contribution in [0.5, 0.6) is 0 Å². The van der Waals surface area contributed by atoms with Crippen molar-refractivity contribution in [3.05, 3.63) is 17.1 Å². The molecular formula is C8H13NO2S. The molecule has 0 fully saturated rings. The molecule has 0 saturated carbocycles. The molecule has 0 radical (unpaired) electrons. The minimum atomic E-state index is -0.659. The topological polar surface area (TPSA) is 42.4 Å². The van der Waals surface area contributed by atoms with Gasteiger partial charge < -0.3 is 9.84 Å².